The maximum absolute atomic E-state index is 13.3. The number of hydrogen-bond acceptors (Lipinski definition) is 3. The van der Waals surface area contributed by atoms with E-state index >= 15 is 0 Å². The van der Waals surface area contributed by atoms with Crippen LogP contribution in [0.25, 0.3) is 16.6 Å². The van der Waals surface area contributed by atoms with E-state index in [1.54, 1.807) is 12.4 Å². The van der Waals surface area contributed by atoms with Gasteiger partial charge in [-0.05, 0) is 12.5 Å². The number of aromatic nitrogens is 4. The fourth-order valence-corrected chi connectivity index (χ4v) is 2.44. The fraction of sp³-hybridized carbons (Fsp3) is 0.250. The summed E-state index contributed by atoms with van der Waals surface area (Å²) in [5, 5.41) is 5.05. The first kappa shape index (κ1) is 10.5. The molecule has 3 aromatic heterocycles. The highest BCUT2D eigenvalue weighted by molar-refractivity contribution is 5.97. The van der Waals surface area contributed by atoms with Crippen molar-refractivity contribution in [2.75, 3.05) is 0 Å². The van der Waals surface area contributed by atoms with Gasteiger partial charge >= 0.3 is 0 Å². The Balaban J connectivity index is 2.10. The van der Waals surface area contributed by atoms with Crippen LogP contribution >= 0.6 is 0 Å². The zero-order valence-corrected chi connectivity index (χ0v) is 9.80. The summed E-state index contributed by atoms with van der Waals surface area (Å²) in [4.78, 5) is 19.0. The van der Waals surface area contributed by atoms with Gasteiger partial charge in [0.15, 0.2) is 11.3 Å². The number of alkyl halides is 1. The first-order chi connectivity index (χ1) is 9.16. The minimum atomic E-state index is -0.942. The van der Waals surface area contributed by atoms with E-state index in [0.29, 0.717) is 17.8 Å². The van der Waals surface area contributed by atoms with E-state index < -0.39 is 12.1 Å². The van der Waals surface area contributed by atoms with E-state index in [1.807, 2.05) is 6.07 Å². The predicted molar refractivity (Wildman–Crippen MR) is 65.6 cm³/mol. The second-order valence-electron chi connectivity index (χ2n) is 4.76. The Morgan fingerprint density at radius 2 is 2.37 bits per heavy atom. The van der Waals surface area contributed by atoms with Gasteiger partial charge in [-0.15, -0.1) is 0 Å². The standard InChI is InChI=1S/C12H10FN5O/c13-7-3-6(7)9-10(11(14)19)18-12(17-9)8-5(4-16-18)1-2-15-8/h1-2,4,6-7,15H,3H2,(H2,14,19)/t6-,7-/m0/s1. The smallest absolute Gasteiger partial charge is 0.269 e. The molecular formula is C12H10FN5O. The lowest BCUT2D eigenvalue weighted by Gasteiger charge is -1.98. The first-order valence-corrected chi connectivity index (χ1v) is 5.95. The Labute approximate surface area is 106 Å². The van der Waals surface area contributed by atoms with Crippen molar-refractivity contribution in [1.82, 2.24) is 19.6 Å². The summed E-state index contributed by atoms with van der Waals surface area (Å²) in [5.41, 5.74) is 7.24. The van der Waals surface area contributed by atoms with Gasteiger partial charge < -0.3 is 10.7 Å². The number of hydrogen-bond donors (Lipinski definition) is 2. The van der Waals surface area contributed by atoms with E-state index in [2.05, 4.69) is 15.1 Å². The number of primary amides is 1. The number of carbonyl (C=O) groups is 1. The van der Waals surface area contributed by atoms with Crippen LogP contribution in [0.1, 0.15) is 28.5 Å². The number of nitrogens with one attached hydrogen (secondary N) is 1. The van der Waals surface area contributed by atoms with Crippen LogP contribution in [-0.2, 0) is 0 Å². The molecule has 1 aliphatic carbocycles. The van der Waals surface area contributed by atoms with Gasteiger partial charge in [-0.1, -0.05) is 0 Å². The molecule has 1 saturated carbocycles. The van der Waals surface area contributed by atoms with Crippen molar-refractivity contribution in [3.63, 3.8) is 0 Å². The van der Waals surface area contributed by atoms with Crippen LogP contribution < -0.4 is 5.73 Å². The Bertz CT molecular complexity index is 820. The number of H-pyrrole nitrogens is 1. The Kier molecular flexibility index (Phi) is 1.83. The van der Waals surface area contributed by atoms with Crippen LogP contribution in [0.5, 0.6) is 0 Å². The number of fused-ring (bicyclic) bond motifs is 3. The number of rotatable bonds is 2. The predicted octanol–water partition coefficient (Wildman–Crippen LogP) is 1.13. The van der Waals surface area contributed by atoms with Crippen molar-refractivity contribution >= 4 is 22.5 Å². The zero-order valence-electron chi connectivity index (χ0n) is 9.80. The molecule has 3 heterocycles. The highest BCUT2D eigenvalue weighted by Gasteiger charge is 2.43. The van der Waals surface area contributed by atoms with E-state index in [9.17, 15) is 9.18 Å². The molecule has 0 bridgehead atoms. The first-order valence-electron chi connectivity index (χ1n) is 5.95. The number of carbonyl (C=O) groups excluding carboxylic acids is 1. The largest absolute Gasteiger partial charge is 0.364 e. The van der Waals surface area contributed by atoms with Crippen molar-refractivity contribution in [2.24, 2.45) is 5.73 Å². The van der Waals surface area contributed by atoms with E-state index in [1.165, 1.54) is 4.52 Å². The van der Waals surface area contributed by atoms with Gasteiger partial charge in [-0.2, -0.15) is 5.10 Å². The molecule has 19 heavy (non-hydrogen) atoms. The number of nitrogens with two attached hydrogens (primary N) is 1. The van der Waals surface area contributed by atoms with Crippen LogP contribution in [-0.4, -0.2) is 31.7 Å². The summed E-state index contributed by atoms with van der Waals surface area (Å²) in [7, 11) is 0. The van der Waals surface area contributed by atoms with Crippen LogP contribution in [0.15, 0.2) is 18.5 Å². The second kappa shape index (κ2) is 3.31. The molecule has 4 rings (SSSR count). The van der Waals surface area contributed by atoms with Crippen molar-refractivity contribution in [2.45, 2.75) is 18.5 Å². The average Bonchev–Trinajstić information content (AvgIpc) is 2.81. The molecule has 0 saturated heterocycles. The molecule has 0 aliphatic heterocycles. The van der Waals surface area contributed by atoms with Gasteiger partial charge in [0, 0.05) is 17.5 Å². The molecule has 1 aliphatic rings. The topological polar surface area (TPSA) is 89.1 Å². The Morgan fingerprint density at radius 1 is 1.58 bits per heavy atom. The number of halogens is 1. The summed E-state index contributed by atoms with van der Waals surface area (Å²) in [6.07, 6.45) is 2.83. The van der Waals surface area contributed by atoms with Crippen molar-refractivity contribution in [1.29, 1.82) is 0 Å². The van der Waals surface area contributed by atoms with Gasteiger partial charge in [0.2, 0.25) is 0 Å². The lowest BCUT2D eigenvalue weighted by molar-refractivity contribution is 0.0992. The highest BCUT2D eigenvalue weighted by Crippen LogP contribution is 2.44. The van der Waals surface area contributed by atoms with Crippen LogP contribution in [0.3, 0.4) is 0 Å². The molecule has 0 spiro atoms. The Morgan fingerprint density at radius 3 is 3.05 bits per heavy atom. The minimum absolute atomic E-state index is 0.177. The molecule has 1 fully saturated rings. The molecular weight excluding hydrogens is 249 g/mol. The van der Waals surface area contributed by atoms with E-state index in [-0.39, 0.29) is 11.6 Å². The third-order valence-electron chi connectivity index (χ3n) is 3.49. The molecule has 6 nitrogen and oxygen atoms in total. The fourth-order valence-electron chi connectivity index (χ4n) is 2.44. The average molecular weight is 259 g/mol. The van der Waals surface area contributed by atoms with Crippen molar-refractivity contribution in [3.05, 3.63) is 29.8 Å². The second-order valence-corrected chi connectivity index (χ2v) is 4.76. The summed E-state index contributed by atoms with van der Waals surface area (Å²) in [5.74, 6) is -0.978. The van der Waals surface area contributed by atoms with Crippen LogP contribution in [0.4, 0.5) is 4.39 Å². The molecule has 2 atom stereocenters. The minimum Gasteiger partial charge on any atom is -0.364 e. The van der Waals surface area contributed by atoms with Crippen LogP contribution in [0.2, 0.25) is 0 Å². The van der Waals surface area contributed by atoms with Crippen molar-refractivity contribution in [3.8, 4) is 0 Å². The van der Waals surface area contributed by atoms with Crippen LogP contribution in [0, 0.1) is 0 Å². The summed E-state index contributed by atoms with van der Waals surface area (Å²) < 4.78 is 14.6. The quantitative estimate of drug-likeness (QED) is 0.723. The van der Waals surface area contributed by atoms with Gasteiger partial charge in [0.25, 0.3) is 5.91 Å². The van der Waals surface area contributed by atoms with Gasteiger partial charge in [0.05, 0.1) is 17.4 Å². The molecule has 0 radical (unpaired) electrons. The van der Waals surface area contributed by atoms with Gasteiger partial charge in [-0.25, -0.2) is 13.9 Å². The SMILES string of the molecule is NC(=O)c1c([C@H]2C[C@@H]2F)nc2c3[nH]ccc3cnn12. The zero-order chi connectivity index (χ0) is 13.1. The monoisotopic (exact) mass is 259 g/mol. The summed E-state index contributed by atoms with van der Waals surface area (Å²) >= 11 is 0. The molecule has 3 aromatic rings. The maximum Gasteiger partial charge on any atom is 0.269 e. The highest BCUT2D eigenvalue weighted by atomic mass is 19.1. The number of amides is 1. The Hall–Kier alpha value is -2.44. The van der Waals surface area contributed by atoms with E-state index in [0.717, 1.165) is 10.9 Å². The number of imidazole rings is 1. The van der Waals surface area contributed by atoms with Gasteiger partial charge in [-0.3, -0.25) is 4.79 Å². The molecule has 3 N–H and O–H groups in total. The summed E-state index contributed by atoms with van der Waals surface area (Å²) in [6, 6.07) is 1.86. The molecule has 0 aromatic carbocycles. The molecule has 7 heteroatoms. The third kappa shape index (κ3) is 1.32. The summed E-state index contributed by atoms with van der Waals surface area (Å²) in [6.45, 7) is 0. The molecule has 0 unspecified atom stereocenters. The third-order valence-corrected chi connectivity index (χ3v) is 3.49. The normalized spacial score (nSPS) is 22.2. The number of nitrogens with zero attached hydrogens (tertiary/aromatic N) is 3. The lowest BCUT2D eigenvalue weighted by atomic mass is 10.2. The maximum atomic E-state index is 13.3. The molecule has 96 valence electrons. The van der Waals surface area contributed by atoms with Crippen molar-refractivity contribution < 1.29 is 9.18 Å². The lowest BCUT2D eigenvalue weighted by Crippen LogP contribution is -2.17. The number of aromatic amines is 1. The van der Waals surface area contributed by atoms with E-state index in [4.69, 9.17) is 5.73 Å². The van der Waals surface area contributed by atoms with Gasteiger partial charge in [0.1, 0.15) is 6.17 Å². The molecule has 1 amide bonds.